The highest BCUT2D eigenvalue weighted by atomic mass is 16.5. The van der Waals surface area contributed by atoms with E-state index in [1.54, 1.807) is 0 Å². The van der Waals surface area contributed by atoms with Gasteiger partial charge in [-0.15, -0.1) is 6.58 Å². The van der Waals surface area contributed by atoms with Gasteiger partial charge in [-0.25, -0.2) is 0 Å². The highest BCUT2D eigenvalue weighted by molar-refractivity contribution is 5.29. The van der Waals surface area contributed by atoms with Crippen molar-refractivity contribution in [1.82, 2.24) is 10.3 Å². The number of hydrogen-bond donors (Lipinski definition) is 1. The average Bonchev–Trinajstić information content (AvgIpc) is 3.12. The van der Waals surface area contributed by atoms with Gasteiger partial charge in [-0.2, -0.15) is 0 Å². The summed E-state index contributed by atoms with van der Waals surface area (Å²) < 4.78 is 5.79. The molecule has 2 rings (SSSR count). The number of aryl methyl sites for hydroxylation is 1. The standard InChI is InChI=1S/C15H22N2O/c1-11(2)8-9-18-15-7-4-12(3)17-14(15)10-16-13-5-6-13/h4,7,13,16H,1,5-6,8-10H2,2-3H3. The summed E-state index contributed by atoms with van der Waals surface area (Å²) in [6.45, 7) is 9.39. The third-order valence-electron chi connectivity index (χ3n) is 2.99. The second-order valence-corrected chi connectivity index (χ2v) is 5.11. The van der Waals surface area contributed by atoms with Crippen molar-refractivity contribution in [1.29, 1.82) is 0 Å². The van der Waals surface area contributed by atoms with Crippen LogP contribution >= 0.6 is 0 Å². The molecule has 1 heterocycles. The van der Waals surface area contributed by atoms with E-state index in [0.29, 0.717) is 12.6 Å². The third kappa shape index (κ3) is 4.15. The molecule has 3 nitrogen and oxygen atoms in total. The molecule has 0 bridgehead atoms. The minimum atomic E-state index is 0.677. The van der Waals surface area contributed by atoms with Gasteiger partial charge in [0.15, 0.2) is 0 Å². The molecule has 0 unspecified atom stereocenters. The van der Waals surface area contributed by atoms with E-state index in [1.165, 1.54) is 12.8 Å². The van der Waals surface area contributed by atoms with E-state index in [1.807, 2.05) is 26.0 Å². The Kier molecular flexibility index (Phi) is 4.37. The van der Waals surface area contributed by atoms with Crippen LogP contribution in [0, 0.1) is 6.92 Å². The van der Waals surface area contributed by atoms with Gasteiger partial charge in [0, 0.05) is 24.7 Å². The minimum Gasteiger partial charge on any atom is -0.491 e. The molecule has 1 aliphatic carbocycles. The Morgan fingerprint density at radius 1 is 1.50 bits per heavy atom. The number of aromatic nitrogens is 1. The van der Waals surface area contributed by atoms with Crippen LogP contribution < -0.4 is 10.1 Å². The predicted octanol–water partition coefficient (Wildman–Crippen LogP) is 2.99. The molecular formula is C15H22N2O. The first kappa shape index (κ1) is 13.1. The zero-order valence-corrected chi connectivity index (χ0v) is 11.3. The molecule has 0 radical (unpaired) electrons. The summed E-state index contributed by atoms with van der Waals surface area (Å²) in [7, 11) is 0. The molecule has 1 aliphatic rings. The van der Waals surface area contributed by atoms with E-state index in [9.17, 15) is 0 Å². The van der Waals surface area contributed by atoms with Gasteiger partial charge in [-0.3, -0.25) is 4.98 Å². The molecule has 1 fully saturated rings. The summed E-state index contributed by atoms with van der Waals surface area (Å²) in [5, 5.41) is 3.48. The van der Waals surface area contributed by atoms with Gasteiger partial charge in [0.25, 0.3) is 0 Å². The minimum absolute atomic E-state index is 0.677. The van der Waals surface area contributed by atoms with Crippen molar-refractivity contribution in [3.63, 3.8) is 0 Å². The lowest BCUT2D eigenvalue weighted by molar-refractivity contribution is 0.315. The second kappa shape index (κ2) is 6.01. The number of rotatable bonds is 7. The van der Waals surface area contributed by atoms with Gasteiger partial charge in [-0.1, -0.05) is 5.57 Å². The van der Waals surface area contributed by atoms with Crippen LogP contribution in [0.2, 0.25) is 0 Å². The van der Waals surface area contributed by atoms with Crippen LogP contribution in [0.4, 0.5) is 0 Å². The summed E-state index contributed by atoms with van der Waals surface area (Å²) in [6.07, 6.45) is 3.47. The van der Waals surface area contributed by atoms with Crippen LogP contribution in [-0.4, -0.2) is 17.6 Å². The van der Waals surface area contributed by atoms with Gasteiger partial charge < -0.3 is 10.1 Å². The lowest BCUT2D eigenvalue weighted by atomic mass is 10.2. The molecule has 1 aromatic rings. The van der Waals surface area contributed by atoms with Crippen LogP contribution in [0.15, 0.2) is 24.3 Å². The second-order valence-electron chi connectivity index (χ2n) is 5.11. The maximum Gasteiger partial charge on any atom is 0.142 e. The Bertz CT molecular complexity index is 425. The smallest absolute Gasteiger partial charge is 0.142 e. The lowest BCUT2D eigenvalue weighted by Gasteiger charge is -2.12. The van der Waals surface area contributed by atoms with Crippen LogP contribution in [-0.2, 0) is 6.54 Å². The van der Waals surface area contributed by atoms with Crippen molar-refractivity contribution in [3.05, 3.63) is 35.7 Å². The van der Waals surface area contributed by atoms with Gasteiger partial charge in [0.2, 0.25) is 0 Å². The van der Waals surface area contributed by atoms with Crippen molar-refractivity contribution in [3.8, 4) is 5.75 Å². The zero-order valence-electron chi connectivity index (χ0n) is 11.3. The van der Waals surface area contributed by atoms with Gasteiger partial charge in [-0.05, 0) is 38.8 Å². The van der Waals surface area contributed by atoms with Crippen LogP contribution in [0.25, 0.3) is 0 Å². The molecule has 0 spiro atoms. The number of nitrogens with one attached hydrogen (secondary N) is 1. The maximum atomic E-state index is 5.79. The molecular weight excluding hydrogens is 224 g/mol. The fourth-order valence-corrected chi connectivity index (χ4v) is 1.72. The molecule has 1 N–H and O–H groups in total. The fourth-order valence-electron chi connectivity index (χ4n) is 1.72. The molecule has 18 heavy (non-hydrogen) atoms. The van der Waals surface area contributed by atoms with Crippen molar-refractivity contribution >= 4 is 0 Å². The summed E-state index contributed by atoms with van der Waals surface area (Å²) >= 11 is 0. The average molecular weight is 246 g/mol. The summed E-state index contributed by atoms with van der Waals surface area (Å²) in [6, 6.07) is 4.71. The number of ether oxygens (including phenoxy) is 1. The SMILES string of the molecule is C=C(C)CCOc1ccc(C)nc1CNC1CC1. The molecule has 0 saturated heterocycles. The molecule has 1 aromatic heterocycles. The number of hydrogen-bond acceptors (Lipinski definition) is 3. The van der Waals surface area contributed by atoms with Gasteiger partial charge in [0.1, 0.15) is 5.75 Å². The first-order valence-corrected chi connectivity index (χ1v) is 6.62. The Morgan fingerprint density at radius 2 is 2.28 bits per heavy atom. The Balaban J connectivity index is 1.94. The van der Waals surface area contributed by atoms with E-state index in [-0.39, 0.29) is 0 Å². The molecule has 0 aromatic carbocycles. The zero-order chi connectivity index (χ0) is 13.0. The summed E-state index contributed by atoms with van der Waals surface area (Å²) in [4.78, 5) is 4.56. The quantitative estimate of drug-likeness (QED) is 0.751. The van der Waals surface area contributed by atoms with Gasteiger partial charge in [0.05, 0.1) is 12.3 Å². The third-order valence-corrected chi connectivity index (χ3v) is 2.99. The topological polar surface area (TPSA) is 34.1 Å². The Morgan fingerprint density at radius 3 is 2.94 bits per heavy atom. The molecule has 0 aliphatic heterocycles. The fraction of sp³-hybridized carbons (Fsp3) is 0.533. The van der Waals surface area contributed by atoms with E-state index in [4.69, 9.17) is 4.74 Å². The first-order chi connectivity index (χ1) is 8.65. The normalized spacial score (nSPS) is 14.6. The van der Waals surface area contributed by atoms with Crippen LogP contribution in [0.5, 0.6) is 5.75 Å². The number of nitrogens with zero attached hydrogens (tertiary/aromatic N) is 1. The molecule has 1 saturated carbocycles. The molecule has 0 amide bonds. The highest BCUT2D eigenvalue weighted by Crippen LogP contribution is 2.22. The maximum absolute atomic E-state index is 5.79. The van der Waals surface area contributed by atoms with E-state index < -0.39 is 0 Å². The predicted molar refractivity (Wildman–Crippen MR) is 73.8 cm³/mol. The number of pyridine rings is 1. The van der Waals surface area contributed by atoms with Crippen molar-refractivity contribution in [2.75, 3.05) is 6.61 Å². The molecule has 3 heteroatoms. The Labute approximate surface area is 109 Å². The van der Waals surface area contributed by atoms with Crippen molar-refractivity contribution in [2.45, 2.75) is 45.7 Å². The molecule has 98 valence electrons. The lowest BCUT2D eigenvalue weighted by Crippen LogP contribution is -2.17. The summed E-state index contributed by atoms with van der Waals surface area (Å²) in [5.41, 5.74) is 3.20. The van der Waals surface area contributed by atoms with E-state index in [0.717, 1.165) is 35.7 Å². The molecule has 0 atom stereocenters. The first-order valence-electron chi connectivity index (χ1n) is 6.62. The van der Waals surface area contributed by atoms with Gasteiger partial charge >= 0.3 is 0 Å². The van der Waals surface area contributed by atoms with Crippen LogP contribution in [0.1, 0.15) is 37.6 Å². The highest BCUT2D eigenvalue weighted by Gasteiger charge is 2.21. The van der Waals surface area contributed by atoms with E-state index >= 15 is 0 Å². The summed E-state index contributed by atoms with van der Waals surface area (Å²) in [5.74, 6) is 0.898. The Hall–Kier alpha value is -1.35. The van der Waals surface area contributed by atoms with Crippen molar-refractivity contribution < 1.29 is 4.74 Å². The van der Waals surface area contributed by atoms with E-state index in [2.05, 4.69) is 16.9 Å². The van der Waals surface area contributed by atoms with Crippen molar-refractivity contribution in [2.24, 2.45) is 0 Å². The van der Waals surface area contributed by atoms with Crippen LogP contribution in [0.3, 0.4) is 0 Å². The largest absolute Gasteiger partial charge is 0.491 e. The monoisotopic (exact) mass is 246 g/mol.